The Kier molecular flexibility index (Phi) is 6.76. The normalized spacial score (nSPS) is 15.1. The molecule has 3 nitrogen and oxygen atoms in total. The molecule has 0 radical (unpaired) electrons. The second kappa shape index (κ2) is 9.05. The van der Waals surface area contributed by atoms with Gasteiger partial charge < -0.3 is 10.2 Å². The third kappa shape index (κ3) is 4.89. The monoisotopic (exact) mass is 407 g/mol. The van der Waals surface area contributed by atoms with E-state index in [9.17, 15) is 0 Å². The number of hydrogen-bond donors (Lipinski definition) is 1. The zero-order valence-electron chi connectivity index (χ0n) is 14.8. The van der Waals surface area contributed by atoms with Crippen LogP contribution in [0.5, 0.6) is 0 Å². The summed E-state index contributed by atoms with van der Waals surface area (Å²) in [4.78, 5) is 4.63. The molecule has 1 aliphatic heterocycles. The van der Waals surface area contributed by atoms with Crippen LogP contribution < -0.4 is 5.32 Å². The van der Waals surface area contributed by atoms with E-state index in [-0.39, 0.29) is 0 Å². The lowest BCUT2D eigenvalue weighted by molar-refractivity contribution is 0.177. The van der Waals surface area contributed by atoms with Crippen LogP contribution in [0.25, 0.3) is 0 Å². The molecule has 1 saturated heterocycles. The fourth-order valence-electron chi connectivity index (χ4n) is 3.14. The minimum absolute atomic E-state index is 0.673. The first-order chi connectivity index (χ1) is 12.6. The van der Waals surface area contributed by atoms with E-state index in [0.717, 1.165) is 60.5 Å². The largest absolute Gasteiger partial charge is 0.346 e. The Hall–Kier alpha value is -1.33. The molecule has 0 bridgehead atoms. The average Bonchev–Trinajstić information content (AvgIpc) is 2.65. The van der Waals surface area contributed by atoms with Crippen LogP contribution in [0.1, 0.15) is 18.1 Å². The number of rotatable bonds is 4. The summed E-state index contributed by atoms with van der Waals surface area (Å²) in [5.41, 5.74) is 3.50. The summed E-state index contributed by atoms with van der Waals surface area (Å²) in [6, 6.07) is 14.0. The molecule has 1 fully saturated rings. The molecule has 2 aromatic carbocycles. The van der Waals surface area contributed by atoms with E-state index in [4.69, 9.17) is 35.4 Å². The SMILES string of the molecule is CCc1ccccc1NC(=S)N1CCN(Cc2ccc(Cl)cc2Cl)CC1. The van der Waals surface area contributed by atoms with Gasteiger partial charge >= 0.3 is 0 Å². The summed E-state index contributed by atoms with van der Waals surface area (Å²) in [7, 11) is 0. The van der Waals surface area contributed by atoms with Crippen molar-refractivity contribution >= 4 is 46.2 Å². The molecule has 3 rings (SSSR count). The maximum Gasteiger partial charge on any atom is 0.173 e. The van der Waals surface area contributed by atoms with Gasteiger partial charge in [0.25, 0.3) is 0 Å². The molecule has 0 saturated carbocycles. The summed E-state index contributed by atoms with van der Waals surface area (Å²) in [5.74, 6) is 0. The minimum atomic E-state index is 0.673. The Balaban J connectivity index is 1.54. The molecule has 26 heavy (non-hydrogen) atoms. The lowest BCUT2D eigenvalue weighted by Gasteiger charge is -2.36. The van der Waals surface area contributed by atoms with E-state index >= 15 is 0 Å². The van der Waals surface area contributed by atoms with Crippen LogP contribution >= 0.6 is 35.4 Å². The number of thiocarbonyl (C=S) groups is 1. The summed E-state index contributed by atoms with van der Waals surface area (Å²) in [6.45, 7) is 6.72. The van der Waals surface area contributed by atoms with E-state index in [1.807, 2.05) is 18.2 Å². The molecule has 1 N–H and O–H groups in total. The van der Waals surface area contributed by atoms with Crippen LogP contribution in [0.2, 0.25) is 10.0 Å². The van der Waals surface area contributed by atoms with Crippen molar-refractivity contribution in [2.45, 2.75) is 19.9 Å². The van der Waals surface area contributed by atoms with E-state index < -0.39 is 0 Å². The summed E-state index contributed by atoms with van der Waals surface area (Å²) in [5, 5.41) is 5.62. The number of nitrogens with one attached hydrogen (secondary N) is 1. The predicted octanol–water partition coefficient (Wildman–Crippen LogP) is 5.07. The quantitative estimate of drug-likeness (QED) is 0.712. The molecule has 0 atom stereocenters. The molecule has 0 aliphatic carbocycles. The Morgan fingerprint density at radius 3 is 2.46 bits per heavy atom. The molecular weight excluding hydrogens is 385 g/mol. The van der Waals surface area contributed by atoms with Gasteiger partial charge in [0, 0.05) is 48.5 Å². The van der Waals surface area contributed by atoms with Gasteiger partial charge in [-0.1, -0.05) is 54.4 Å². The number of para-hydroxylation sites is 1. The minimum Gasteiger partial charge on any atom is -0.346 e. The predicted molar refractivity (Wildman–Crippen MR) is 115 cm³/mol. The standard InChI is InChI=1S/C20H23Cl2N3S/c1-2-15-5-3-4-6-19(15)23-20(26)25-11-9-24(10-12-25)14-16-7-8-17(21)13-18(16)22/h3-8,13H,2,9-12,14H2,1H3,(H,23,26). The fraction of sp³-hybridized carbons (Fsp3) is 0.350. The van der Waals surface area contributed by atoms with Gasteiger partial charge in [0.15, 0.2) is 5.11 Å². The van der Waals surface area contributed by atoms with E-state index in [2.05, 4.69) is 40.2 Å². The molecule has 6 heteroatoms. The maximum absolute atomic E-state index is 6.29. The lowest BCUT2D eigenvalue weighted by atomic mass is 10.1. The van der Waals surface area contributed by atoms with E-state index in [1.165, 1.54) is 5.56 Å². The molecule has 2 aromatic rings. The first-order valence-electron chi connectivity index (χ1n) is 8.87. The maximum atomic E-state index is 6.29. The first-order valence-corrected chi connectivity index (χ1v) is 10.0. The van der Waals surface area contributed by atoms with Crippen molar-refractivity contribution in [2.24, 2.45) is 0 Å². The number of aryl methyl sites for hydroxylation is 1. The summed E-state index contributed by atoms with van der Waals surface area (Å²) in [6.07, 6.45) is 0.988. The number of piperazine rings is 1. The van der Waals surface area contributed by atoms with Gasteiger partial charge in [-0.05, 0) is 48.0 Å². The highest BCUT2D eigenvalue weighted by molar-refractivity contribution is 7.80. The molecule has 0 aromatic heterocycles. The Morgan fingerprint density at radius 2 is 1.77 bits per heavy atom. The molecule has 138 valence electrons. The third-order valence-electron chi connectivity index (χ3n) is 4.71. The molecule has 1 aliphatic rings. The van der Waals surface area contributed by atoms with Gasteiger partial charge in [-0.25, -0.2) is 0 Å². The van der Waals surface area contributed by atoms with Crippen molar-refractivity contribution in [1.29, 1.82) is 0 Å². The zero-order valence-corrected chi connectivity index (χ0v) is 17.2. The number of benzene rings is 2. The van der Waals surface area contributed by atoms with Gasteiger partial charge in [-0.2, -0.15) is 0 Å². The number of halogens is 2. The van der Waals surface area contributed by atoms with E-state index in [0.29, 0.717) is 5.02 Å². The molecule has 0 unspecified atom stereocenters. The lowest BCUT2D eigenvalue weighted by Crippen LogP contribution is -2.49. The number of nitrogens with zero attached hydrogens (tertiary/aromatic N) is 2. The highest BCUT2D eigenvalue weighted by Gasteiger charge is 2.20. The van der Waals surface area contributed by atoms with Crippen LogP contribution in [0.3, 0.4) is 0 Å². The van der Waals surface area contributed by atoms with Crippen LogP contribution in [-0.4, -0.2) is 41.1 Å². The van der Waals surface area contributed by atoms with Crippen LogP contribution in [0.4, 0.5) is 5.69 Å². The van der Waals surface area contributed by atoms with E-state index in [1.54, 1.807) is 6.07 Å². The van der Waals surface area contributed by atoms with Gasteiger partial charge in [-0.3, -0.25) is 4.90 Å². The highest BCUT2D eigenvalue weighted by atomic mass is 35.5. The van der Waals surface area contributed by atoms with Gasteiger partial charge in [0.2, 0.25) is 0 Å². The van der Waals surface area contributed by atoms with Crippen molar-refractivity contribution in [3.8, 4) is 0 Å². The number of hydrogen-bond acceptors (Lipinski definition) is 2. The molecule has 1 heterocycles. The average molecular weight is 408 g/mol. The highest BCUT2D eigenvalue weighted by Crippen LogP contribution is 2.23. The van der Waals surface area contributed by atoms with Crippen molar-refractivity contribution in [2.75, 3.05) is 31.5 Å². The second-order valence-corrected chi connectivity index (χ2v) is 7.67. The third-order valence-corrected chi connectivity index (χ3v) is 5.66. The fourth-order valence-corrected chi connectivity index (χ4v) is 3.91. The van der Waals surface area contributed by atoms with Gasteiger partial charge in [0.1, 0.15) is 0 Å². The Bertz CT molecular complexity index is 773. The molecule has 0 amide bonds. The van der Waals surface area contributed by atoms with Crippen molar-refractivity contribution < 1.29 is 0 Å². The summed E-state index contributed by atoms with van der Waals surface area (Å²) < 4.78 is 0. The van der Waals surface area contributed by atoms with Gasteiger partial charge in [-0.15, -0.1) is 0 Å². The smallest absolute Gasteiger partial charge is 0.173 e. The topological polar surface area (TPSA) is 18.5 Å². The zero-order chi connectivity index (χ0) is 18.5. The molecular formula is C20H23Cl2N3S. The van der Waals surface area contributed by atoms with Crippen molar-refractivity contribution in [1.82, 2.24) is 9.80 Å². The Morgan fingerprint density at radius 1 is 1.04 bits per heavy atom. The van der Waals surface area contributed by atoms with Crippen molar-refractivity contribution in [3.05, 3.63) is 63.6 Å². The van der Waals surface area contributed by atoms with Crippen molar-refractivity contribution in [3.63, 3.8) is 0 Å². The Labute approximate surface area is 170 Å². The number of anilines is 1. The second-order valence-electron chi connectivity index (χ2n) is 6.44. The van der Waals surface area contributed by atoms with Crippen LogP contribution in [0.15, 0.2) is 42.5 Å². The van der Waals surface area contributed by atoms with Crippen LogP contribution in [0, 0.1) is 0 Å². The first kappa shape index (κ1) is 19.4. The van der Waals surface area contributed by atoms with Crippen LogP contribution in [-0.2, 0) is 13.0 Å². The van der Waals surface area contributed by atoms with Gasteiger partial charge in [0.05, 0.1) is 0 Å². The summed E-state index contributed by atoms with van der Waals surface area (Å²) >= 11 is 17.9. The molecule has 0 spiro atoms.